The van der Waals surface area contributed by atoms with Crippen LogP contribution in [0.2, 0.25) is 0 Å². The fraction of sp³-hybridized carbons (Fsp3) is 0.222. The number of rotatable bonds is 4. The molecule has 1 amide bonds. The van der Waals surface area contributed by atoms with Gasteiger partial charge in [-0.1, -0.05) is 29.8 Å². The Hall–Kier alpha value is -2.62. The Balaban J connectivity index is 1.73. The standard InChI is InChI=1S/C18H17NO3/c1-12-7-8-15-14(11-12)17(20)18(21)19(15)9-10-22-16-6-4-3-5-13(16)2/h3-8,11H,9-10H2,1-2H3. The minimum atomic E-state index is -0.478. The largest absolute Gasteiger partial charge is 0.491 e. The zero-order valence-corrected chi connectivity index (χ0v) is 12.6. The van der Waals surface area contributed by atoms with Gasteiger partial charge >= 0.3 is 0 Å². The Bertz CT molecular complexity index is 752. The number of carbonyl (C=O) groups excluding carboxylic acids is 2. The highest BCUT2D eigenvalue weighted by atomic mass is 16.5. The number of carbonyl (C=O) groups is 2. The van der Waals surface area contributed by atoms with Crippen molar-refractivity contribution >= 4 is 17.4 Å². The molecule has 0 aliphatic carbocycles. The topological polar surface area (TPSA) is 46.6 Å². The summed E-state index contributed by atoms with van der Waals surface area (Å²) in [6, 6.07) is 13.2. The van der Waals surface area contributed by atoms with Crippen LogP contribution in [0.15, 0.2) is 42.5 Å². The van der Waals surface area contributed by atoms with Crippen molar-refractivity contribution in [1.29, 1.82) is 0 Å². The van der Waals surface area contributed by atoms with Gasteiger partial charge in [-0.3, -0.25) is 9.59 Å². The van der Waals surface area contributed by atoms with Crippen molar-refractivity contribution in [2.75, 3.05) is 18.1 Å². The smallest absolute Gasteiger partial charge is 0.299 e. The first kappa shape index (κ1) is 14.3. The molecule has 1 aliphatic heterocycles. The van der Waals surface area contributed by atoms with Gasteiger partial charge in [0.15, 0.2) is 0 Å². The Morgan fingerprint density at radius 2 is 1.82 bits per heavy atom. The van der Waals surface area contributed by atoms with Crippen LogP contribution in [0.4, 0.5) is 5.69 Å². The molecule has 0 radical (unpaired) electrons. The predicted octanol–water partition coefficient (Wildman–Crippen LogP) is 2.91. The average molecular weight is 295 g/mol. The van der Waals surface area contributed by atoms with Crippen molar-refractivity contribution in [3.63, 3.8) is 0 Å². The van der Waals surface area contributed by atoms with E-state index >= 15 is 0 Å². The number of para-hydroxylation sites is 1. The quantitative estimate of drug-likeness (QED) is 0.815. The zero-order chi connectivity index (χ0) is 15.7. The van der Waals surface area contributed by atoms with Crippen molar-refractivity contribution in [1.82, 2.24) is 0 Å². The van der Waals surface area contributed by atoms with Crippen LogP contribution in [0, 0.1) is 13.8 Å². The third-order valence-corrected chi connectivity index (χ3v) is 3.79. The molecule has 0 saturated carbocycles. The maximum atomic E-state index is 12.1. The van der Waals surface area contributed by atoms with Crippen molar-refractivity contribution in [3.05, 3.63) is 59.2 Å². The molecule has 22 heavy (non-hydrogen) atoms. The van der Waals surface area contributed by atoms with E-state index < -0.39 is 11.7 Å². The number of ketones is 1. The maximum absolute atomic E-state index is 12.1. The molecule has 0 saturated heterocycles. The average Bonchev–Trinajstić information content (AvgIpc) is 2.74. The van der Waals surface area contributed by atoms with Crippen LogP contribution < -0.4 is 9.64 Å². The lowest BCUT2D eigenvalue weighted by Gasteiger charge is -2.17. The van der Waals surface area contributed by atoms with E-state index in [0.29, 0.717) is 24.4 Å². The van der Waals surface area contributed by atoms with Gasteiger partial charge in [0, 0.05) is 0 Å². The first-order valence-electron chi connectivity index (χ1n) is 7.23. The summed E-state index contributed by atoms with van der Waals surface area (Å²) in [5.74, 6) is -0.117. The van der Waals surface area contributed by atoms with E-state index in [9.17, 15) is 9.59 Å². The molecule has 2 aromatic rings. The van der Waals surface area contributed by atoms with Gasteiger partial charge in [0.25, 0.3) is 11.7 Å². The summed E-state index contributed by atoms with van der Waals surface area (Å²) in [5, 5.41) is 0. The van der Waals surface area contributed by atoms with E-state index in [0.717, 1.165) is 16.9 Å². The highest BCUT2D eigenvalue weighted by molar-refractivity contribution is 6.52. The number of hydrogen-bond acceptors (Lipinski definition) is 3. The molecule has 0 unspecified atom stereocenters. The number of benzene rings is 2. The lowest BCUT2D eigenvalue weighted by Crippen LogP contribution is -2.33. The first-order chi connectivity index (χ1) is 10.6. The maximum Gasteiger partial charge on any atom is 0.299 e. The van der Waals surface area contributed by atoms with E-state index in [1.807, 2.05) is 50.2 Å². The fourth-order valence-corrected chi connectivity index (χ4v) is 2.60. The second-order valence-electron chi connectivity index (χ2n) is 5.42. The Kier molecular flexibility index (Phi) is 3.67. The summed E-state index contributed by atoms with van der Waals surface area (Å²) in [6.07, 6.45) is 0. The van der Waals surface area contributed by atoms with Crippen molar-refractivity contribution in [2.24, 2.45) is 0 Å². The molecule has 4 nitrogen and oxygen atoms in total. The summed E-state index contributed by atoms with van der Waals surface area (Å²) in [6.45, 7) is 4.58. The van der Waals surface area contributed by atoms with Gasteiger partial charge < -0.3 is 9.64 Å². The highest BCUT2D eigenvalue weighted by Crippen LogP contribution is 2.29. The molecule has 0 spiro atoms. The third kappa shape index (κ3) is 2.48. The lowest BCUT2D eigenvalue weighted by molar-refractivity contribution is -0.114. The molecule has 2 aromatic carbocycles. The number of Topliss-reactive ketones (excluding diaryl/α,β-unsaturated/α-hetero) is 1. The van der Waals surface area contributed by atoms with Crippen LogP contribution in [0.5, 0.6) is 5.75 Å². The fourth-order valence-electron chi connectivity index (χ4n) is 2.60. The number of aryl methyl sites for hydroxylation is 2. The molecule has 112 valence electrons. The molecule has 0 N–H and O–H groups in total. The van der Waals surface area contributed by atoms with Crippen molar-refractivity contribution in [2.45, 2.75) is 13.8 Å². The number of ether oxygens (including phenoxy) is 1. The van der Waals surface area contributed by atoms with E-state index in [2.05, 4.69) is 0 Å². The van der Waals surface area contributed by atoms with E-state index in [1.54, 1.807) is 6.07 Å². The van der Waals surface area contributed by atoms with Gasteiger partial charge in [0.05, 0.1) is 17.8 Å². The van der Waals surface area contributed by atoms with Crippen LogP contribution in [0.25, 0.3) is 0 Å². The molecule has 3 rings (SSSR count). The normalized spacial score (nSPS) is 13.5. The van der Waals surface area contributed by atoms with Gasteiger partial charge in [-0.2, -0.15) is 0 Å². The minimum absolute atomic E-state index is 0.344. The van der Waals surface area contributed by atoms with Crippen LogP contribution >= 0.6 is 0 Å². The second kappa shape index (κ2) is 5.64. The highest BCUT2D eigenvalue weighted by Gasteiger charge is 2.35. The van der Waals surface area contributed by atoms with Gasteiger partial charge in [0.2, 0.25) is 0 Å². The molecule has 0 aromatic heterocycles. The van der Waals surface area contributed by atoms with Gasteiger partial charge in [-0.25, -0.2) is 0 Å². The van der Waals surface area contributed by atoms with Crippen molar-refractivity contribution < 1.29 is 14.3 Å². The Labute approximate surface area is 129 Å². The molecule has 1 aliphatic rings. The minimum Gasteiger partial charge on any atom is -0.491 e. The lowest BCUT2D eigenvalue weighted by atomic mass is 10.1. The van der Waals surface area contributed by atoms with Crippen LogP contribution in [-0.2, 0) is 4.79 Å². The SMILES string of the molecule is Cc1ccc2c(c1)C(=O)C(=O)N2CCOc1ccccc1C. The number of amides is 1. The number of fused-ring (bicyclic) bond motifs is 1. The summed E-state index contributed by atoms with van der Waals surface area (Å²) in [4.78, 5) is 25.6. The molecule has 4 heteroatoms. The van der Waals surface area contributed by atoms with Crippen LogP contribution in [-0.4, -0.2) is 24.8 Å². The monoisotopic (exact) mass is 295 g/mol. The van der Waals surface area contributed by atoms with Gasteiger partial charge in [-0.05, 0) is 37.6 Å². The predicted molar refractivity (Wildman–Crippen MR) is 84.5 cm³/mol. The second-order valence-corrected chi connectivity index (χ2v) is 5.42. The molecular formula is C18H17NO3. The third-order valence-electron chi connectivity index (χ3n) is 3.79. The van der Waals surface area contributed by atoms with Crippen molar-refractivity contribution in [3.8, 4) is 5.75 Å². The Morgan fingerprint density at radius 3 is 2.59 bits per heavy atom. The van der Waals surface area contributed by atoms with E-state index in [4.69, 9.17) is 4.74 Å². The molecule has 0 bridgehead atoms. The zero-order valence-electron chi connectivity index (χ0n) is 12.6. The van der Waals surface area contributed by atoms with Gasteiger partial charge in [0.1, 0.15) is 12.4 Å². The van der Waals surface area contributed by atoms with E-state index in [1.165, 1.54) is 4.90 Å². The number of anilines is 1. The summed E-state index contributed by atoms with van der Waals surface area (Å²) < 4.78 is 5.72. The Morgan fingerprint density at radius 1 is 1.05 bits per heavy atom. The summed E-state index contributed by atoms with van der Waals surface area (Å²) >= 11 is 0. The molecular weight excluding hydrogens is 278 g/mol. The first-order valence-corrected chi connectivity index (χ1v) is 7.23. The van der Waals surface area contributed by atoms with Gasteiger partial charge in [-0.15, -0.1) is 0 Å². The number of hydrogen-bond donors (Lipinski definition) is 0. The number of nitrogens with zero attached hydrogens (tertiary/aromatic N) is 1. The summed E-state index contributed by atoms with van der Waals surface area (Å²) in [7, 11) is 0. The molecule has 0 atom stereocenters. The molecule has 0 fully saturated rings. The van der Waals surface area contributed by atoms with Crippen LogP contribution in [0.1, 0.15) is 21.5 Å². The van der Waals surface area contributed by atoms with Crippen LogP contribution in [0.3, 0.4) is 0 Å². The van der Waals surface area contributed by atoms with E-state index in [-0.39, 0.29) is 0 Å². The molecule has 1 heterocycles. The summed E-state index contributed by atoms with van der Waals surface area (Å²) in [5.41, 5.74) is 3.18.